The van der Waals surface area contributed by atoms with Crippen molar-refractivity contribution in [1.29, 1.82) is 5.26 Å². The van der Waals surface area contributed by atoms with Gasteiger partial charge < -0.3 is 19.8 Å². The zero-order valence-corrected chi connectivity index (χ0v) is 19.1. The number of aryl methyl sites for hydroxylation is 2. The first-order valence-electron chi connectivity index (χ1n) is 10.9. The average molecular weight is 450 g/mol. The quantitative estimate of drug-likeness (QED) is 0.484. The molecule has 2 N–H and O–H groups in total. The third-order valence-corrected chi connectivity index (χ3v) is 6.46. The molecular weight excluding hydrogens is 426 g/mol. The first-order valence-corrected chi connectivity index (χ1v) is 10.9. The summed E-state index contributed by atoms with van der Waals surface area (Å²) < 4.78 is 13.4. The summed E-state index contributed by atoms with van der Waals surface area (Å²) in [6.45, 7) is 3.90. The molecule has 0 saturated carbocycles. The lowest BCUT2D eigenvalue weighted by atomic mass is 9.84. The normalized spacial score (nSPS) is 14.9. The van der Waals surface area contributed by atoms with Crippen LogP contribution in [-0.4, -0.2) is 11.7 Å². The van der Waals surface area contributed by atoms with E-state index in [4.69, 9.17) is 15.2 Å². The van der Waals surface area contributed by atoms with Crippen molar-refractivity contribution in [3.8, 4) is 23.3 Å². The minimum absolute atomic E-state index is 0.0419. The summed E-state index contributed by atoms with van der Waals surface area (Å²) >= 11 is 0. The van der Waals surface area contributed by atoms with E-state index in [1.165, 1.54) is 0 Å². The maximum atomic E-state index is 13.3. The number of ether oxygens (including phenoxy) is 2. The van der Waals surface area contributed by atoms with E-state index in [-0.39, 0.29) is 11.3 Å². The monoisotopic (exact) mass is 449 g/mol. The van der Waals surface area contributed by atoms with Crippen molar-refractivity contribution in [3.05, 3.63) is 111 Å². The Morgan fingerprint density at radius 1 is 0.971 bits per heavy atom. The van der Waals surface area contributed by atoms with E-state index in [0.29, 0.717) is 27.8 Å². The van der Waals surface area contributed by atoms with Gasteiger partial charge in [-0.15, -0.1) is 0 Å². The fourth-order valence-corrected chi connectivity index (χ4v) is 4.91. The van der Waals surface area contributed by atoms with Gasteiger partial charge in [0.2, 0.25) is 5.88 Å². The van der Waals surface area contributed by atoms with Gasteiger partial charge in [-0.05, 0) is 49.7 Å². The molecule has 1 atom stereocenters. The van der Waals surface area contributed by atoms with Crippen LogP contribution in [0.1, 0.15) is 28.4 Å². The van der Waals surface area contributed by atoms with Crippen LogP contribution in [0, 0.1) is 25.2 Å². The molecule has 0 saturated heterocycles. The van der Waals surface area contributed by atoms with E-state index < -0.39 is 5.92 Å². The molecule has 0 radical (unpaired) electrons. The number of aromatic nitrogens is 1. The topological polar surface area (TPSA) is 90.3 Å². The van der Waals surface area contributed by atoms with Crippen LogP contribution in [-0.2, 0) is 0 Å². The zero-order chi connectivity index (χ0) is 24.0. The van der Waals surface area contributed by atoms with Gasteiger partial charge in [-0.2, -0.15) is 5.26 Å². The zero-order valence-electron chi connectivity index (χ0n) is 19.1. The molecular formula is C28H23N3O3. The molecule has 4 aromatic rings. The smallest absolute Gasteiger partial charge is 0.205 e. The first-order chi connectivity index (χ1) is 16.5. The van der Waals surface area contributed by atoms with Gasteiger partial charge in [0.25, 0.3) is 0 Å². The minimum atomic E-state index is -0.477. The maximum absolute atomic E-state index is 13.3. The van der Waals surface area contributed by atoms with Gasteiger partial charge in [0, 0.05) is 22.6 Å². The largest absolute Gasteiger partial charge is 0.497 e. The summed E-state index contributed by atoms with van der Waals surface area (Å²) in [5.41, 5.74) is 10.7. The van der Waals surface area contributed by atoms with E-state index >= 15 is 0 Å². The highest BCUT2D eigenvalue weighted by molar-refractivity contribution is 5.95. The number of nitrogens with zero attached hydrogens (tertiary/aromatic N) is 2. The number of hydrogen-bond acceptors (Lipinski definition) is 5. The summed E-state index contributed by atoms with van der Waals surface area (Å²) in [5.74, 6) is 0.778. The summed E-state index contributed by atoms with van der Waals surface area (Å²) in [4.78, 5) is 13.3. The molecule has 5 rings (SSSR count). The minimum Gasteiger partial charge on any atom is -0.497 e. The van der Waals surface area contributed by atoms with Gasteiger partial charge in [0.1, 0.15) is 23.1 Å². The van der Waals surface area contributed by atoms with Crippen LogP contribution in [0.2, 0.25) is 0 Å². The van der Waals surface area contributed by atoms with E-state index in [2.05, 4.69) is 10.6 Å². The highest BCUT2D eigenvalue weighted by Gasteiger charge is 2.33. The number of rotatable bonds is 3. The summed E-state index contributed by atoms with van der Waals surface area (Å²) in [6.07, 6.45) is 0. The molecule has 1 aromatic heterocycles. The molecule has 6 heteroatoms. The number of para-hydroxylation sites is 1. The van der Waals surface area contributed by atoms with Crippen molar-refractivity contribution in [1.82, 2.24) is 4.57 Å². The molecule has 0 amide bonds. The van der Waals surface area contributed by atoms with Gasteiger partial charge in [-0.1, -0.05) is 36.4 Å². The van der Waals surface area contributed by atoms with Crippen LogP contribution in [0.4, 0.5) is 0 Å². The molecule has 0 spiro atoms. The SMILES string of the molecule is COc1ccc([C@@H]2C(C#N)=C(N)Oc3c2ccc(=O)c2c(C)n(-c4ccccc4)c(C)c32)cc1. The molecule has 6 nitrogen and oxygen atoms in total. The Balaban J connectivity index is 1.87. The number of nitrogens with two attached hydrogens (primary N) is 1. The number of benzene rings is 2. The molecule has 1 aliphatic rings. The molecule has 0 bridgehead atoms. The Morgan fingerprint density at radius 2 is 1.65 bits per heavy atom. The van der Waals surface area contributed by atoms with Crippen LogP contribution in [0.25, 0.3) is 16.5 Å². The van der Waals surface area contributed by atoms with Crippen LogP contribution in [0.3, 0.4) is 0 Å². The molecule has 1 aliphatic heterocycles. The Morgan fingerprint density at radius 3 is 2.29 bits per heavy atom. The molecule has 34 heavy (non-hydrogen) atoms. The van der Waals surface area contributed by atoms with E-state index in [1.54, 1.807) is 19.2 Å². The Hall–Kier alpha value is -4.50. The molecule has 3 aromatic carbocycles. The third kappa shape index (κ3) is 3.13. The lowest BCUT2D eigenvalue weighted by Gasteiger charge is -2.26. The number of hydrogen-bond donors (Lipinski definition) is 1. The number of methoxy groups -OCH3 is 1. The second-order valence-electron chi connectivity index (χ2n) is 8.27. The Bertz CT molecular complexity index is 1560. The van der Waals surface area contributed by atoms with Gasteiger partial charge in [0.15, 0.2) is 5.43 Å². The summed E-state index contributed by atoms with van der Waals surface area (Å²) in [7, 11) is 1.60. The van der Waals surface area contributed by atoms with Crippen molar-refractivity contribution in [2.24, 2.45) is 5.73 Å². The fourth-order valence-electron chi connectivity index (χ4n) is 4.91. The van der Waals surface area contributed by atoms with Crippen molar-refractivity contribution in [3.63, 3.8) is 0 Å². The second-order valence-corrected chi connectivity index (χ2v) is 8.27. The number of nitriles is 1. The van der Waals surface area contributed by atoms with Gasteiger partial charge >= 0.3 is 0 Å². The number of fused-ring (bicyclic) bond motifs is 3. The Kier molecular flexibility index (Phi) is 5.10. The lowest BCUT2D eigenvalue weighted by molar-refractivity contribution is 0.398. The van der Waals surface area contributed by atoms with Gasteiger partial charge in [-0.3, -0.25) is 4.79 Å². The molecule has 0 unspecified atom stereocenters. The van der Waals surface area contributed by atoms with E-state index in [0.717, 1.165) is 28.2 Å². The predicted molar refractivity (Wildman–Crippen MR) is 131 cm³/mol. The third-order valence-electron chi connectivity index (χ3n) is 6.46. The molecule has 2 heterocycles. The van der Waals surface area contributed by atoms with Crippen molar-refractivity contribution >= 4 is 10.8 Å². The van der Waals surface area contributed by atoms with Crippen LogP contribution in [0.5, 0.6) is 11.5 Å². The maximum Gasteiger partial charge on any atom is 0.205 e. The second kappa shape index (κ2) is 8.13. The summed E-state index contributed by atoms with van der Waals surface area (Å²) in [5, 5.41) is 11.2. The Labute approximate surface area is 197 Å². The molecule has 0 aliphatic carbocycles. The molecule has 0 fully saturated rings. The summed E-state index contributed by atoms with van der Waals surface area (Å²) in [6, 6.07) is 22.9. The molecule has 168 valence electrons. The van der Waals surface area contributed by atoms with E-state index in [1.807, 2.05) is 68.4 Å². The fraction of sp³-hybridized carbons (Fsp3) is 0.143. The highest BCUT2D eigenvalue weighted by atomic mass is 16.5. The average Bonchev–Trinajstić information content (AvgIpc) is 3.02. The van der Waals surface area contributed by atoms with Crippen LogP contribution < -0.4 is 20.6 Å². The van der Waals surface area contributed by atoms with Crippen molar-refractivity contribution < 1.29 is 9.47 Å². The van der Waals surface area contributed by atoms with Crippen LogP contribution in [0.15, 0.2) is 83.0 Å². The van der Waals surface area contributed by atoms with Gasteiger partial charge in [0.05, 0.1) is 23.8 Å². The number of allylic oxidation sites excluding steroid dienone is 1. The highest BCUT2D eigenvalue weighted by Crippen LogP contribution is 2.46. The van der Waals surface area contributed by atoms with Crippen LogP contribution >= 0.6 is 0 Å². The van der Waals surface area contributed by atoms with E-state index in [9.17, 15) is 10.1 Å². The van der Waals surface area contributed by atoms with Gasteiger partial charge in [-0.25, -0.2) is 0 Å². The first kappa shape index (κ1) is 21.4. The van der Waals surface area contributed by atoms with Crippen molar-refractivity contribution in [2.75, 3.05) is 7.11 Å². The van der Waals surface area contributed by atoms with Crippen molar-refractivity contribution in [2.45, 2.75) is 19.8 Å². The predicted octanol–water partition coefficient (Wildman–Crippen LogP) is 4.83. The lowest BCUT2D eigenvalue weighted by Crippen LogP contribution is -2.20. The standard InChI is InChI=1S/C28H23N3O3/c1-16-24-23(32)14-13-21-26(18-9-11-20(33-3)12-10-18)22(15-29)28(30)34-27(21)25(24)17(2)31(16)19-7-5-4-6-8-19/h4-14,26H,30H2,1-3H3/t26-/m0/s1.